The second kappa shape index (κ2) is 7.82. The molecule has 0 aliphatic heterocycles. The van der Waals surface area contributed by atoms with E-state index in [1.165, 1.54) is 36.6 Å². The number of hydrogen-bond acceptors (Lipinski definition) is 6. The van der Waals surface area contributed by atoms with Crippen molar-refractivity contribution in [3.63, 3.8) is 0 Å². The highest BCUT2D eigenvalue weighted by molar-refractivity contribution is 5.93. The summed E-state index contributed by atoms with van der Waals surface area (Å²) in [6.45, 7) is 2.13. The molecule has 2 rings (SSSR count). The molecule has 24 heavy (non-hydrogen) atoms. The average Bonchev–Trinajstić information content (AvgIpc) is 3.09. The van der Waals surface area contributed by atoms with Crippen molar-refractivity contribution in [2.75, 3.05) is 6.61 Å². The molecular weight excluding hydrogens is 315 g/mol. The molecular formula is C16H17FN4O3. The van der Waals surface area contributed by atoms with E-state index in [1.807, 2.05) is 0 Å². The number of benzene rings is 1. The van der Waals surface area contributed by atoms with Gasteiger partial charge in [0.2, 0.25) is 0 Å². The number of rotatable bonds is 6. The number of nitrogens with one attached hydrogen (secondary N) is 1. The summed E-state index contributed by atoms with van der Waals surface area (Å²) in [7, 11) is 0. The minimum atomic E-state index is -0.517. The number of carbonyl (C=O) groups is 1. The molecule has 1 aromatic carbocycles. The second-order valence-corrected chi connectivity index (χ2v) is 4.66. The molecule has 0 fully saturated rings. The van der Waals surface area contributed by atoms with E-state index in [2.05, 4.69) is 15.0 Å². The van der Waals surface area contributed by atoms with Gasteiger partial charge in [0.1, 0.15) is 12.1 Å². The van der Waals surface area contributed by atoms with E-state index < -0.39 is 11.7 Å². The molecule has 0 unspecified atom stereocenters. The van der Waals surface area contributed by atoms with Crippen molar-refractivity contribution in [3.05, 3.63) is 65.6 Å². The summed E-state index contributed by atoms with van der Waals surface area (Å²) in [5.74, 6) is -0.820. The molecule has 1 aromatic heterocycles. The third-order valence-corrected chi connectivity index (χ3v) is 2.94. The van der Waals surface area contributed by atoms with Gasteiger partial charge in [0.15, 0.2) is 17.3 Å². The molecule has 0 radical (unpaired) electrons. The van der Waals surface area contributed by atoms with Gasteiger partial charge < -0.3 is 26.0 Å². The zero-order chi connectivity index (χ0) is 17.5. The molecule has 8 heteroatoms. The number of allylic oxidation sites excluding steroid dienone is 2. The predicted molar refractivity (Wildman–Crippen MR) is 86.0 cm³/mol. The Kier molecular flexibility index (Phi) is 5.56. The summed E-state index contributed by atoms with van der Waals surface area (Å²) < 4.78 is 23.5. The maximum absolute atomic E-state index is 13.8. The summed E-state index contributed by atoms with van der Waals surface area (Å²) >= 11 is 0. The molecule has 0 aliphatic rings. The van der Waals surface area contributed by atoms with E-state index in [0.717, 1.165) is 0 Å². The monoisotopic (exact) mass is 332 g/mol. The minimum Gasteiger partial charge on any atom is -0.491 e. The predicted octanol–water partition coefficient (Wildman–Crippen LogP) is 1.74. The van der Waals surface area contributed by atoms with Gasteiger partial charge in [-0.2, -0.15) is 0 Å². The molecule has 0 saturated heterocycles. The van der Waals surface area contributed by atoms with Crippen LogP contribution in [0.3, 0.4) is 0 Å². The van der Waals surface area contributed by atoms with Crippen LogP contribution in [0.2, 0.25) is 0 Å². The van der Waals surface area contributed by atoms with Gasteiger partial charge in [0.05, 0.1) is 6.61 Å². The van der Waals surface area contributed by atoms with Gasteiger partial charge in [-0.05, 0) is 37.3 Å². The number of halogens is 1. The number of hydrogen-bond donors (Lipinski definition) is 3. The number of amides is 1. The molecule has 5 N–H and O–H groups in total. The maximum Gasteiger partial charge on any atom is 0.278 e. The Hall–Kier alpha value is -3.29. The quantitative estimate of drug-likeness (QED) is 0.694. The van der Waals surface area contributed by atoms with Crippen LogP contribution in [0.5, 0.6) is 5.75 Å². The summed E-state index contributed by atoms with van der Waals surface area (Å²) in [6.07, 6.45) is 4.11. The van der Waals surface area contributed by atoms with Crippen LogP contribution in [-0.4, -0.2) is 17.7 Å². The van der Waals surface area contributed by atoms with Crippen molar-refractivity contribution in [1.29, 1.82) is 0 Å². The van der Waals surface area contributed by atoms with Crippen LogP contribution in [0.4, 0.5) is 4.39 Å². The normalized spacial score (nSPS) is 12.1. The van der Waals surface area contributed by atoms with Gasteiger partial charge in [-0.3, -0.25) is 4.79 Å². The van der Waals surface area contributed by atoms with Crippen molar-refractivity contribution < 1.29 is 18.4 Å². The van der Waals surface area contributed by atoms with E-state index in [4.69, 9.17) is 16.2 Å². The van der Waals surface area contributed by atoms with E-state index in [9.17, 15) is 9.18 Å². The average molecular weight is 332 g/mol. The molecule has 0 bridgehead atoms. The van der Waals surface area contributed by atoms with Gasteiger partial charge in [-0.1, -0.05) is 5.16 Å². The summed E-state index contributed by atoms with van der Waals surface area (Å²) in [5.41, 5.74) is 12.4. The maximum atomic E-state index is 13.8. The number of carbonyl (C=O) groups excluding carboxylic acids is 1. The van der Waals surface area contributed by atoms with Crippen molar-refractivity contribution >= 4 is 11.6 Å². The van der Waals surface area contributed by atoms with E-state index >= 15 is 0 Å². The SMILES string of the molecule is CCOc1ccc(/C(N)=C/C=C(\N)NC(=O)c2ccon2)cc1F. The molecule has 126 valence electrons. The molecule has 7 nitrogen and oxygen atoms in total. The van der Waals surface area contributed by atoms with E-state index in [0.29, 0.717) is 12.2 Å². The van der Waals surface area contributed by atoms with Gasteiger partial charge in [0.25, 0.3) is 5.91 Å². The topological polar surface area (TPSA) is 116 Å². The lowest BCUT2D eigenvalue weighted by Crippen LogP contribution is -2.27. The third-order valence-electron chi connectivity index (χ3n) is 2.94. The summed E-state index contributed by atoms with van der Waals surface area (Å²) in [5, 5.41) is 5.89. The number of nitrogens with two attached hydrogens (primary N) is 2. The zero-order valence-corrected chi connectivity index (χ0v) is 13.0. The van der Waals surface area contributed by atoms with Crippen LogP contribution >= 0.6 is 0 Å². The zero-order valence-electron chi connectivity index (χ0n) is 13.0. The van der Waals surface area contributed by atoms with Crippen molar-refractivity contribution in [2.45, 2.75) is 6.92 Å². The first-order valence-electron chi connectivity index (χ1n) is 7.08. The summed E-state index contributed by atoms with van der Waals surface area (Å²) in [6, 6.07) is 5.77. The van der Waals surface area contributed by atoms with Gasteiger partial charge in [-0.25, -0.2) is 4.39 Å². The van der Waals surface area contributed by atoms with Gasteiger partial charge >= 0.3 is 0 Å². The second-order valence-electron chi connectivity index (χ2n) is 4.66. The molecule has 0 aliphatic carbocycles. The van der Waals surface area contributed by atoms with Crippen LogP contribution in [0, 0.1) is 5.82 Å². The van der Waals surface area contributed by atoms with Crippen LogP contribution < -0.4 is 21.5 Å². The van der Waals surface area contributed by atoms with E-state index in [-0.39, 0.29) is 23.0 Å². The third kappa shape index (κ3) is 4.35. The van der Waals surface area contributed by atoms with Crippen LogP contribution in [0.15, 0.2) is 53.0 Å². The molecule has 0 saturated carbocycles. The Balaban J connectivity index is 2.07. The van der Waals surface area contributed by atoms with Crippen molar-refractivity contribution in [3.8, 4) is 5.75 Å². The number of ether oxygens (including phenoxy) is 1. The molecule has 0 spiro atoms. The van der Waals surface area contributed by atoms with Crippen molar-refractivity contribution in [2.24, 2.45) is 11.5 Å². The van der Waals surface area contributed by atoms with Gasteiger partial charge in [0, 0.05) is 17.3 Å². The molecule has 2 aromatic rings. The Bertz CT molecular complexity index is 770. The first kappa shape index (κ1) is 17.1. The smallest absolute Gasteiger partial charge is 0.278 e. The summed E-state index contributed by atoms with van der Waals surface area (Å²) in [4.78, 5) is 11.7. The van der Waals surface area contributed by atoms with Gasteiger partial charge in [-0.15, -0.1) is 0 Å². The highest BCUT2D eigenvalue weighted by Crippen LogP contribution is 2.20. The van der Waals surface area contributed by atoms with Crippen LogP contribution in [0.25, 0.3) is 5.70 Å². The van der Waals surface area contributed by atoms with E-state index in [1.54, 1.807) is 13.0 Å². The molecule has 1 heterocycles. The lowest BCUT2D eigenvalue weighted by Gasteiger charge is -2.07. The Labute approximate surface area is 137 Å². The van der Waals surface area contributed by atoms with Crippen LogP contribution in [-0.2, 0) is 0 Å². The number of aromatic nitrogens is 1. The fourth-order valence-corrected chi connectivity index (χ4v) is 1.80. The fraction of sp³-hybridized carbons (Fsp3) is 0.125. The van der Waals surface area contributed by atoms with Crippen LogP contribution in [0.1, 0.15) is 23.0 Å². The standard InChI is InChI=1S/C16H17FN4O3/c1-2-23-14-5-3-10(9-11(14)17)12(18)4-6-15(19)20-16(22)13-7-8-24-21-13/h3-9H,2,18-19H2,1H3,(H,20,22)/b12-4-,15-6+. The number of nitrogens with zero attached hydrogens (tertiary/aromatic N) is 1. The first-order valence-corrected chi connectivity index (χ1v) is 7.08. The highest BCUT2D eigenvalue weighted by atomic mass is 19.1. The lowest BCUT2D eigenvalue weighted by atomic mass is 10.1. The Morgan fingerprint density at radius 1 is 1.38 bits per heavy atom. The Morgan fingerprint density at radius 3 is 2.79 bits per heavy atom. The first-order chi connectivity index (χ1) is 11.5. The largest absolute Gasteiger partial charge is 0.491 e. The highest BCUT2D eigenvalue weighted by Gasteiger charge is 2.09. The molecule has 0 atom stereocenters. The Morgan fingerprint density at radius 2 is 2.17 bits per heavy atom. The lowest BCUT2D eigenvalue weighted by molar-refractivity contribution is 0.0956. The fourth-order valence-electron chi connectivity index (χ4n) is 1.80. The van der Waals surface area contributed by atoms with Crippen molar-refractivity contribution in [1.82, 2.24) is 10.5 Å². The minimum absolute atomic E-state index is 0.0531. The molecule has 1 amide bonds.